The zero-order valence-electron chi connectivity index (χ0n) is 76.4. The van der Waals surface area contributed by atoms with E-state index in [0.717, 1.165) is 71.6 Å². The van der Waals surface area contributed by atoms with E-state index in [-0.39, 0.29) is 12.3 Å². The number of unbranched alkanes of at least 4 members (excludes halogenated alkanes) is 25. The molecular weight excluding hydrogens is 1770 g/mol. The van der Waals surface area contributed by atoms with Crippen molar-refractivity contribution in [2.24, 2.45) is 0 Å². The van der Waals surface area contributed by atoms with Gasteiger partial charge in [-0.2, -0.15) is 0 Å². The van der Waals surface area contributed by atoms with Crippen LogP contribution >= 0.6 is 0 Å². The summed E-state index contributed by atoms with van der Waals surface area (Å²) in [6.07, 6.45) is -36.1. The Labute approximate surface area is 773 Å². The molecule has 0 aromatic carbocycles. The number of nitrogens with one attached hydrogen (secondary N) is 4. The predicted octanol–water partition coefficient (Wildman–Crippen LogP) is -6.28. The van der Waals surface area contributed by atoms with E-state index in [4.69, 9.17) is 66.3 Å². The average molecular weight is 1930 g/mol. The van der Waals surface area contributed by atoms with E-state index < -0.39 is 322 Å². The molecule has 0 aromatic heterocycles. The molecule has 7 rings (SSSR count). The Morgan fingerprint density at radius 3 is 1.14 bits per heavy atom. The quantitative estimate of drug-likeness (QED) is 0.0199. The summed E-state index contributed by atoms with van der Waals surface area (Å²) in [5.41, 5.74) is 0. The van der Waals surface area contributed by atoms with Crippen LogP contribution in [0.5, 0.6) is 0 Å². The molecule has 27 N–H and O–H groups in total. The summed E-state index contributed by atoms with van der Waals surface area (Å²) in [6, 6.07) is -6.86. The minimum absolute atomic E-state index is 0.150. The maximum atomic E-state index is 13.6. The number of carboxylic acids is 1. The summed E-state index contributed by atoms with van der Waals surface area (Å²) in [7, 11) is 0. The number of aliphatic hydroxyl groups excluding tert-OH is 22. The van der Waals surface area contributed by atoms with Gasteiger partial charge >= 0.3 is 5.97 Å². The van der Waals surface area contributed by atoms with Gasteiger partial charge in [0.05, 0.1) is 77.1 Å². The molecule has 46 heteroatoms. The summed E-state index contributed by atoms with van der Waals surface area (Å²) < 4.78 is 82.8. The van der Waals surface area contributed by atoms with Gasteiger partial charge in [-0.25, -0.2) is 4.79 Å². The van der Waals surface area contributed by atoms with Crippen LogP contribution in [0.3, 0.4) is 0 Å². The highest BCUT2D eigenvalue weighted by molar-refractivity contribution is 5.78. The summed E-state index contributed by atoms with van der Waals surface area (Å²) in [5.74, 6) is -8.93. The van der Waals surface area contributed by atoms with Gasteiger partial charge in [-0.3, -0.25) is 19.2 Å². The fourth-order valence-corrected chi connectivity index (χ4v) is 17.7. The molecule has 46 nitrogen and oxygen atoms in total. The molecule has 7 aliphatic heterocycles. The van der Waals surface area contributed by atoms with Crippen molar-refractivity contribution in [3.05, 3.63) is 12.2 Å². The van der Waals surface area contributed by atoms with Crippen LogP contribution in [0, 0.1) is 0 Å². The molecule has 0 bridgehead atoms. The van der Waals surface area contributed by atoms with Crippen molar-refractivity contribution in [1.82, 2.24) is 21.3 Å². The van der Waals surface area contributed by atoms with E-state index in [9.17, 15) is 141 Å². The Hall–Kier alpha value is -4.35. The molecule has 7 heterocycles. The van der Waals surface area contributed by atoms with Gasteiger partial charge in [0.2, 0.25) is 23.6 Å². The first-order valence-corrected chi connectivity index (χ1v) is 47.3. The van der Waals surface area contributed by atoms with Crippen molar-refractivity contribution in [3.8, 4) is 0 Å². The van der Waals surface area contributed by atoms with Crippen LogP contribution in [0.1, 0.15) is 214 Å². The van der Waals surface area contributed by atoms with E-state index in [2.05, 4.69) is 35.1 Å². The van der Waals surface area contributed by atoms with Crippen LogP contribution in [0.25, 0.3) is 0 Å². The second-order valence-corrected chi connectivity index (χ2v) is 35.7. The molecule has 7 saturated heterocycles. The number of rotatable bonds is 60. The number of carbonyl (C=O) groups is 5. The summed E-state index contributed by atoms with van der Waals surface area (Å²) in [6.45, 7) is -3.31. The molecule has 0 spiro atoms. The van der Waals surface area contributed by atoms with Gasteiger partial charge in [-0.05, 0) is 19.3 Å². The maximum absolute atomic E-state index is 13.6. The zero-order chi connectivity index (χ0) is 97.8. The van der Waals surface area contributed by atoms with Gasteiger partial charge in [-0.1, -0.05) is 180 Å². The van der Waals surface area contributed by atoms with Crippen LogP contribution < -0.4 is 21.3 Å². The molecule has 0 radical (unpaired) electrons. The molecule has 14 unspecified atom stereocenters. The highest BCUT2D eigenvalue weighted by Crippen LogP contribution is 2.42. The molecule has 4 amide bonds. The molecule has 774 valence electrons. The third kappa shape index (κ3) is 33.4. The van der Waals surface area contributed by atoms with Gasteiger partial charge in [0.15, 0.2) is 37.7 Å². The lowest BCUT2D eigenvalue weighted by molar-refractivity contribution is -0.391. The minimum Gasteiger partial charge on any atom is -0.477 e. The van der Waals surface area contributed by atoms with E-state index in [1.54, 1.807) is 6.08 Å². The lowest BCUT2D eigenvalue weighted by atomic mass is 9.88. The third-order valence-electron chi connectivity index (χ3n) is 25.3. The van der Waals surface area contributed by atoms with Crippen molar-refractivity contribution in [1.29, 1.82) is 0 Å². The number of ether oxygens (including phenoxy) is 14. The number of carboxylic acid groups (broad SMARTS) is 1. The highest BCUT2D eigenvalue weighted by Gasteiger charge is 2.63. The maximum Gasteiger partial charge on any atom is 0.364 e. The number of carbonyl (C=O) groups excluding carboxylic acids is 4. The van der Waals surface area contributed by atoms with Crippen LogP contribution in [-0.4, -0.2) is 439 Å². The number of aliphatic carboxylic acids is 1. The fourth-order valence-electron chi connectivity index (χ4n) is 17.7. The Kier molecular flexibility index (Phi) is 51.6. The van der Waals surface area contributed by atoms with E-state index in [1.165, 1.54) is 103 Å². The molecule has 38 atom stereocenters. The molecule has 0 saturated carbocycles. The first-order valence-electron chi connectivity index (χ1n) is 47.3. The van der Waals surface area contributed by atoms with Crippen molar-refractivity contribution < 1.29 is 208 Å². The smallest absolute Gasteiger partial charge is 0.364 e. The highest BCUT2D eigenvalue weighted by atomic mass is 16.8. The zero-order valence-corrected chi connectivity index (χ0v) is 76.4. The number of hydrogen-bond acceptors (Lipinski definition) is 41. The second kappa shape index (κ2) is 59.4. The molecule has 7 fully saturated rings. The van der Waals surface area contributed by atoms with Gasteiger partial charge in [0.1, 0.15) is 171 Å². The topological polar surface area (TPSA) is 728 Å². The summed E-state index contributed by atoms with van der Waals surface area (Å²) >= 11 is 0. The van der Waals surface area contributed by atoms with Crippen molar-refractivity contribution in [3.63, 3.8) is 0 Å². The molecule has 0 aliphatic carbocycles. The fraction of sp³-hybridized carbons (Fsp3) is 0.920. The van der Waals surface area contributed by atoms with Crippen LogP contribution in [-0.2, 0) is 90.3 Å². The first kappa shape index (κ1) is 116. The Morgan fingerprint density at radius 2 is 0.759 bits per heavy atom. The van der Waals surface area contributed by atoms with Crippen molar-refractivity contribution >= 4 is 29.6 Å². The summed E-state index contributed by atoms with van der Waals surface area (Å²) in [5, 5.41) is 267. The number of allylic oxidation sites excluding steroid dienone is 1. The second-order valence-electron chi connectivity index (χ2n) is 35.7. The normalized spacial score (nSPS) is 37.1. The number of aliphatic hydroxyl groups is 22. The first-order chi connectivity index (χ1) is 63.7. The molecule has 133 heavy (non-hydrogen) atoms. The van der Waals surface area contributed by atoms with Gasteiger partial charge in [0, 0.05) is 26.7 Å². The van der Waals surface area contributed by atoms with Crippen molar-refractivity contribution in [2.45, 2.75) is 446 Å². The molecular formula is C87H154N4O42. The van der Waals surface area contributed by atoms with Crippen LogP contribution in [0.15, 0.2) is 12.2 Å². The van der Waals surface area contributed by atoms with Crippen LogP contribution in [0.4, 0.5) is 0 Å². The van der Waals surface area contributed by atoms with E-state index in [1.807, 2.05) is 6.08 Å². The van der Waals surface area contributed by atoms with E-state index >= 15 is 0 Å². The molecule has 7 aliphatic rings. The third-order valence-corrected chi connectivity index (χ3v) is 25.3. The number of amides is 4. The minimum atomic E-state index is -3.31. The lowest BCUT2D eigenvalue weighted by Gasteiger charge is -2.51. The average Bonchev–Trinajstić information content (AvgIpc) is 0.750. The van der Waals surface area contributed by atoms with Crippen molar-refractivity contribution in [2.75, 3.05) is 59.5 Å². The Balaban J connectivity index is 1.01. The van der Waals surface area contributed by atoms with Gasteiger partial charge in [0.25, 0.3) is 5.79 Å². The summed E-state index contributed by atoms with van der Waals surface area (Å²) in [4.78, 5) is 65.2. The van der Waals surface area contributed by atoms with Gasteiger partial charge < -0.3 is 205 Å². The Morgan fingerprint density at radius 1 is 0.398 bits per heavy atom. The Bertz CT molecular complexity index is 3320. The largest absolute Gasteiger partial charge is 0.477 e. The lowest BCUT2D eigenvalue weighted by Crippen LogP contribution is -2.71. The molecule has 0 aromatic rings. The number of hydrogen-bond donors (Lipinski definition) is 27. The monoisotopic (exact) mass is 1930 g/mol. The van der Waals surface area contributed by atoms with E-state index in [0.29, 0.717) is 12.8 Å². The van der Waals surface area contributed by atoms with Gasteiger partial charge in [-0.15, -0.1) is 0 Å². The standard InChI is InChI=1S/C87H154N4O42/c1-5-7-9-11-13-15-17-19-20-22-24-26-28-30-32-34-57(105)90-47(48(102)33-31-29-27-25-23-21-18-16-14-12-10-8-6-2)44-120-82-69(114)68(113)75(56(42-98)126-82)129-84-71(116)78(64(109)52(38-94)122-84)131-80-60(88-45(3)100)66(111)73(54(40-96)124-80)127-83-70(115)77(63(108)51(37-93)121-83)130-81-61(89-46(4)101)67(112)74(55(41-97)125-81)128-85-72(117)79(65(110)53(39-95)123-85)133-87(86(118)119)35-49(103)59(91-58(106)43-99)76(132-87)62(107)50(104)36-92/h31,33,47-56,59-85,92-99,102-104,107-117H,5-30,32,34-44H2,1-4H3,(H,88,100)(H,89,101)(H,90,105)(H,91,106)(H,118,119)/b33-31+/t47-,48+,49?,50+,51?,52?,53?,54?,55?,56?,59+,60?,61?,62+,63-,64-,65-,66+,67+,68+,69?,70?,71?,72?,73+,74+,75+,76?,77-,78-,79-,80-,81-,82+,83-,84-,85-,87-/m0/s1. The SMILES string of the molecule is CCCCCCCCCCCCC/C=C/[C@@H](O)[C@H](CO[C@@H]1OC(CO)[C@@H](O[C@@H]2OC(CO)[C@H](O)[C@H](O[C@@H]3OC(CO)[C@@H](O[C@@H]4OC(CO)[C@H](O)[C@H](O[C@@H]5OC(CO)[C@@H](O[C@@H]6OC(CO)[C@H](O)[C@H](O[C@]7(C(=O)O)CC(O)[C@@H](NC(=O)CO)C([C@H](O)[C@H](O)CO)O7)C6O)[C@H](O)C5NC(C)=O)C4O)[C@H](O)C3NC(C)=O)C2O)[C@H](O)C1O)NC(=O)CCCCCCCCCCCCCCCCC. The predicted molar refractivity (Wildman–Crippen MR) is 457 cm³/mol. The van der Waals surface area contributed by atoms with Crippen LogP contribution in [0.2, 0.25) is 0 Å².